The second kappa shape index (κ2) is 9.88. The third kappa shape index (κ3) is 5.09. The molecule has 2 atom stereocenters. The van der Waals surface area contributed by atoms with Gasteiger partial charge in [-0.2, -0.15) is 4.31 Å². The van der Waals surface area contributed by atoms with Crippen molar-refractivity contribution >= 4 is 54.8 Å². The summed E-state index contributed by atoms with van der Waals surface area (Å²) < 4.78 is 35.1. The summed E-state index contributed by atoms with van der Waals surface area (Å²) in [7, 11) is -2.45. The number of thiophene rings is 1. The summed E-state index contributed by atoms with van der Waals surface area (Å²) in [6.45, 7) is 6.18. The Kier molecular flexibility index (Phi) is 7.23. The molecule has 1 N–H and O–H groups in total. The Morgan fingerprint density at radius 3 is 2.63 bits per heavy atom. The standard InChI is InChI=1S/C23H27ClN4O5S2/c1-13-7-14(2)10-28(9-13)35(31,32)21-15(3)34-22-20(21)23(30)27(12-25-22)11-19(29)26-17-8-16(24)5-6-18(17)33-4/h5-6,8,12-14H,7,9-11H2,1-4H3,(H,26,29)/t13-,14+. The van der Waals surface area contributed by atoms with Crippen LogP contribution in [-0.2, 0) is 21.4 Å². The van der Waals surface area contributed by atoms with Crippen LogP contribution >= 0.6 is 22.9 Å². The van der Waals surface area contributed by atoms with E-state index in [0.29, 0.717) is 39.3 Å². The number of piperidine rings is 1. The Labute approximate surface area is 212 Å². The molecule has 0 bridgehead atoms. The van der Waals surface area contributed by atoms with Crippen LogP contribution in [0, 0.1) is 18.8 Å². The molecule has 2 aromatic heterocycles. The number of aryl methyl sites for hydroxylation is 1. The number of carbonyl (C=O) groups is 1. The zero-order chi connectivity index (χ0) is 25.5. The molecule has 12 heteroatoms. The highest BCUT2D eigenvalue weighted by Gasteiger charge is 2.35. The first kappa shape index (κ1) is 25.6. The Hall–Kier alpha value is -2.47. The van der Waals surface area contributed by atoms with Gasteiger partial charge in [0.15, 0.2) is 0 Å². The summed E-state index contributed by atoms with van der Waals surface area (Å²) >= 11 is 7.18. The van der Waals surface area contributed by atoms with Crippen LogP contribution in [0.1, 0.15) is 25.1 Å². The van der Waals surface area contributed by atoms with E-state index in [1.807, 2.05) is 13.8 Å². The van der Waals surface area contributed by atoms with Gasteiger partial charge in [-0.3, -0.25) is 14.2 Å². The molecule has 0 radical (unpaired) electrons. The van der Waals surface area contributed by atoms with Gasteiger partial charge in [0.05, 0.1) is 24.5 Å². The Morgan fingerprint density at radius 2 is 1.97 bits per heavy atom. The predicted molar refractivity (Wildman–Crippen MR) is 137 cm³/mol. The number of hydrogen-bond donors (Lipinski definition) is 1. The summed E-state index contributed by atoms with van der Waals surface area (Å²) in [6, 6.07) is 4.78. The third-order valence-corrected chi connectivity index (χ3v) is 9.36. The number of ether oxygens (including phenoxy) is 1. The van der Waals surface area contributed by atoms with E-state index in [4.69, 9.17) is 16.3 Å². The molecule has 1 aromatic carbocycles. The molecule has 1 saturated heterocycles. The highest BCUT2D eigenvalue weighted by atomic mass is 35.5. The quantitative estimate of drug-likeness (QED) is 0.512. The second-order valence-electron chi connectivity index (χ2n) is 9.01. The maximum Gasteiger partial charge on any atom is 0.263 e. The first-order valence-electron chi connectivity index (χ1n) is 11.1. The van der Waals surface area contributed by atoms with Crippen molar-refractivity contribution < 1.29 is 17.9 Å². The second-order valence-corrected chi connectivity index (χ2v) is 12.5. The molecule has 3 aromatic rings. The summed E-state index contributed by atoms with van der Waals surface area (Å²) in [4.78, 5) is 31.3. The van der Waals surface area contributed by atoms with Gasteiger partial charge in [0, 0.05) is 23.0 Å². The fraction of sp³-hybridized carbons (Fsp3) is 0.435. The normalized spacial score (nSPS) is 19.1. The van der Waals surface area contributed by atoms with E-state index in [1.165, 1.54) is 23.8 Å². The number of methoxy groups -OCH3 is 1. The Balaban J connectivity index is 1.69. The van der Waals surface area contributed by atoms with Gasteiger partial charge in [-0.1, -0.05) is 25.4 Å². The number of benzene rings is 1. The van der Waals surface area contributed by atoms with E-state index in [-0.39, 0.29) is 28.7 Å². The number of fused-ring (bicyclic) bond motifs is 1. The number of aromatic nitrogens is 2. The van der Waals surface area contributed by atoms with Crippen molar-refractivity contribution in [2.75, 3.05) is 25.5 Å². The Morgan fingerprint density at radius 1 is 1.29 bits per heavy atom. The number of rotatable bonds is 6. The molecule has 1 aliphatic heterocycles. The van der Waals surface area contributed by atoms with Crippen molar-refractivity contribution in [3.8, 4) is 5.75 Å². The topological polar surface area (TPSA) is 111 Å². The Bertz CT molecular complexity index is 1440. The lowest BCUT2D eigenvalue weighted by Gasteiger charge is -2.34. The van der Waals surface area contributed by atoms with Crippen molar-refractivity contribution in [3.05, 3.63) is 44.8 Å². The van der Waals surface area contributed by atoms with Gasteiger partial charge in [0.25, 0.3) is 5.56 Å². The number of sulfonamides is 1. The van der Waals surface area contributed by atoms with Gasteiger partial charge in [-0.15, -0.1) is 11.3 Å². The van der Waals surface area contributed by atoms with Gasteiger partial charge in [-0.25, -0.2) is 13.4 Å². The zero-order valence-electron chi connectivity index (χ0n) is 19.9. The lowest BCUT2D eigenvalue weighted by atomic mass is 9.94. The molecular weight excluding hydrogens is 512 g/mol. The molecule has 4 rings (SSSR count). The molecule has 35 heavy (non-hydrogen) atoms. The van der Waals surface area contributed by atoms with Crippen molar-refractivity contribution in [3.63, 3.8) is 0 Å². The van der Waals surface area contributed by atoms with Crippen LogP contribution in [0.2, 0.25) is 5.02 Å². The van der Waals surface area contributed by atoms with E-state index in [0.717, 1.165) is 22.3 Å². The lowest BCUT2D eigenvalue weighted by Crippen LogP contribution is -2.42. The van der Waals surface area contributed by atoms with Crippen LogP contribution in [-0.4, -0.2) is 48.4 Å². The third-order valence-electron chi connectivity index (χ3n) is 5.98. The van der Waals surface area contributed by atoms with E-state index >= 15 is 0 Å². The highest BCUT2D eigenvalue weighted by Crippen LogP contribution is 2.35. The number of nitrogens with one attached hydrogen (secondary N) is 1. The fourth-order valence-corrected chi connectivity index (χ4v) is 8.11. The van der Waals surface area contributed by atoms with E-state index in [1.54, 1.807) is 19.1 Å². The van der Waals surface area contributed by atoms with Gasteiger partial charge in [0.2, 0.25) is 15.9 Å². The first-order valence-corrected chi connectivity index (χ1v) is 13.8. The molecule has 1 fully saturated rings. The summed E-state index contributed by atoms with van der Waals surface area (Å²) in [5.41, 5.74) is -0.223. The highest BCUT2D eigenvalue weighted by molar-refractivity contribution is 7.89. The van der Waals surface area contributed by atoms with Crippen molar-refractivity contribution in [2.24, 2.45) is 11.8 Å². The van der Waals surface area contributed by atoms with Gasteiger partial charge >= 0.3 is 0 Å². The molecule has 0 spiro atoms. The van der Waals surface area contributed by atoms with Gasteiger partial charge < -0.3 is 10.1 Å². The van der Waals surface area contributed by atoms with Gasteiger partial charge in [0.1, 0.15) is 22.0 Å². The molecule has 188 valence electrons. The lowest BCUT2D eigenvalue weighted by molar-refractivity contribution is -0.116. The minimum Gasteiger partial charge on any atom is -0.495 e. The number of anilines is 1. The fourth-order valence-electron chi connectivity index (χ4n) is 4.59. The molecule has 0 saturated carbocycles. The molecule has 9 nitrogen and oxygen atoms in total. The van der Waals surface area contributed by atoms with E-state index in [9.17, 15) is 18.0 Å². The molecule has 1 amide bonds. The zero-order valence-corrected chi connectivity index (χ0v) is 22.3. The van der Waals surface area contributed by atoms with Crippen LogP contribution in [0.15, 0.2) is 34.2 Å². The molecule has 3 heterocycles. The van der Waals surface area contributed by atoms with E-state index < -0.39 is 21.5 Å². The van der Waals surface area contributed by atoms with Crippen LogP contribution in [0.25, 0.3) is 10.2 Å². The monoisotopic (exact) mass is 538 g/mol. The molecular formula is C23H27ClN4O5S2. The number of halogens is 1. The maximum atomic E-state index is 13.7. The van der Waals surface area contributed by atoms with Crippen LogP contribution in [0.5, 0.6) is 5.75 Å². The van der Waals surface area contributed by atoms with Crippen molar-refractivity contribution in [1.29, 1.82) is 0 Å². The minimum atomic E-state index is -3.91. The van der Waals surface area contributed by atoms with Crippen molar-refractivity contribution in [2.45, 2.75) is 38.6 Å². The number of nitrogens with zero attached hydrogens (tertiary/aromatic N) is 3. The van der Waals surface area contributed by atoms with Gasteiger partial charge in [-0.05, 0) is 43.4 Å². The average molecular weight is 539 g/mol. The predicted octanol–water partition coefficient (Wildman–Crippen LogP) is 3.73. The van der Waals surface area contributed by atoms with Crippen LogP contribution in [0.4, 0.5) is 5.69 Å². The SMILES string of the molecule is COc1ccc(Cl)cc1NC(=O)Cn1cnc2sc(C)c(S(=O)(=O)N3C[C@H](C)C[C@H](C)C3)c2c1=O. The molecule has 0 unspecified atom stereocenters. The summed E-state index contributed by atoms with van der Waals surface area (Å²) in [6.07, 6.45) is 2.22. The summed E-state index contributed by atoms with van der Waals surface area (Å²) in [5, 5.41) is 3.11. The van der Waals surface area contributed by atoms with Crippen LogP contribution < -0.4 is 15.6 Å². The number of carbonyl (C=O) groups excluding carboxylic acids is 1. The average Bonchev–Trinajstić information content (AvgIpc) is 3.12. The maximum absolute atomic E-state index is 13.7. The smallest absolute Gasteiger partial charge is 0.263 e. The van der Waals surface area contributed by atoms with E-state index in [2.05, 4.69) is 10.3 Å². The largest absolute Gasteiger partial charge is 0.495 e. The summed E-state index contributed by atoms with van der Waals surface area (Å²) in [5.74, 6) is 0.348. The molecule has 1 aliphatic rings. The van der Waals surface area contributed by atoms with Crippen LogP contribution in [0.3, 0.4) is 0 Å². The minimum absolute atomic E-state index is 0.0115. The molecule has 0 aliphatic carbocycles. The number of hydrogen-bond acceptors (Lipinski definition) is 7. The van der Waals surface area contributed by atoms with Crippen molar-refractivity contribution in [1.82, 2.24) is 13.9 Å². The first-order chi connectivity index (χ1) is 16.5. The number of amides is 1.